The van der Waals surface area contributed by atoms with E-state index in [0.717, 1.165) is 27.3 Å². The molecule has 2 amide bonds. The third-order valence-electron chi connectivity index (χ3n) is 4.15. The molecule has 0 fully saturated rings. The summed E-state index contributed by atoms with van der Waals surface area (Å²) in [4.78, 5) is 36.6. The van der Waals surface area contributed by atoms with Crippen LogP contribution in [-0.4, -0.2) is 36.7 Å². The number of aryl methyl sites for hydroxylation is 3. The molecule has 0 saturated heterocycles. The zero-order valence-electron chi connectivity index (χ0n) is 17.2. The number of nitrogens with one attached hydrogen (secondary N) is 2. The fourth-order valence-corrected chi connectivity index (χ4v) is 3.98. The Labute approximate surface area is 185 Å². The molecule has 0 heterocycles. The largest absolute Gasteiger partial charge is 0.456 e. The minimum atomic E-state index is -0.533. The van der Waals surface area contributed by atoms with Gasteiger partial charge in [-0.3, -0.25) is 14.4 Å². The third-order valence-corrected chi connectivity index (χ3v) is 5.67. The van der Waals surface area contributed by atoms with Crippen molar-refractivity contribution in [2.45, 2.75) is 32.1 Å². The van der Waals surface area contributed by atoms with Gasteiger partial charge in [0.15, 0.2) is 6.61 Å². The SMILES string of the molecule is Cc1cc(C)c(NC(=O)CNC(=O)COC(=O)CCSc2ccccc2Cl)c(C)c1. The monoisotopic (exact) mass is 448 g/mol. The highest BCUT2D eigenvalue weighted by Gasteiger charge is 2.12. The summed E-state index contributed by atoms with van der Waals surface area (Å²) in [5.74, 6) is -0.877. The van der Waals surface area contributed by atoms with E-state index >= 15 is 0 Å². The first kappa shape index (κ1) is 23.8. The molecule has 8 heteroatoms. The van der Waals surface area contributed by atoms with Crippen molar-refractivity contribution in [1.29, 1.82) is 0 Å². The van der Waals surface area contributed by atoms with Crippen LogP contribution in [0.2, 0.25) is 5.02 Å². The van der Waals surface area contributed by atoms with Gasteiger partial charge in [-0.25, -0.2) is 0 Å². The predicted molar refractivity (Wildman–Crippen MR) is 120 cm³/mol. The number of amides is 2. The smallest absolute Gasteiger partial charge is 0.307 e. The summed E-state index contributed by atoms with van der Waals surface area (Å²) in [6.45, 7) is 5.19. The summed E-state index contributed by atoms with van der Waals surface area (Å²) in [5, 5.41) is 5.88. The van der Waals surface area contributed by atoms with E-state index in [1.165, 1.54) is 11.8 Å². The van der Waals surface area contributed by atoms with Crippen LogP contribution < -0.4 is 10.6 Å². The molecule has 0 aliphatic carbocycles. The molecule has 0 bridgehead atoms. The maximum Gasteiger partial charge on any atom is 0.307 e. The number of benzene rings is 2. The number of rotatable bonds is 9. The van der Waals surface area contributed by atoms with Crippen molar-refractivity contribution in [2.75, 3.05) is 24.2 Å². The Morgan fingerprint density at radius 1 is 1.03 bits per heavy atom. The van der Waals surface area contributed by atoms with Crippen LogP contribution in [0.3, 0.4) is 0 Å². The zero-order chi connectivity index (χ0) is 22.1. The van der Waals surface area contributed by atoms with E-state index in [1.54, 1.807) is 6.07 Å². The molecule has 2 rings (SSSR count). The molecule has 2 N–H and O–H groups in total. The van der Waals surface area contributed by atoms with Crippen molar-refractivity contribution in [3.8, 4) is 0 Å². The lowest BCUT2D eigenvalue weighted by Crippen LogP contribution is -2.35. The molecule has 0 spiro atoms. The van der Waals surface area contributed by atoms with Gasteiger partial charge in [0, 0.05) is 16.3 Å². The highest BCUT2D eigenvalue weighted by Crippen LogP contribution is 2.27. The van der Waals surface area contributed by atoms with Crippen LogP contribution in [0.4, 0.5) is 5.69 Å². The summed E-state index contributed by atoms with van der Waals surface area (Å²) in [7, 11) is 0. The fourth-order valence-electron chi connectivity index (χ4n) is 2.82. The predicted octanol–water partition coefficient (Wildman–Crippen LogP) is 4.05. The van der Waals surface area contributed by atoms with Gasteiger partial charge in [0.1, 0.15) is 0 Å². The molecule has 30 heavy (non-hydrogen) atoms. The number of ether oxygens (including phenoxy) is 1. The molecule has 0 aliphatic rings. The third kappa shape index (κ3) is 7.72. The molecule has 0 saturated carbocycles. The van der Waals surface area contributed by atoms with E-state index in [-0.39, 0.29) is 18.9 Å². The quantitative estimate of drug-likeness (QED) is 0.446. The lowest BCUT2D eigenvalue weighted by Gasteiger charge is -2.13. The topological polar surface area (TPSA) is 84.5 Å². The molecule has 0 atom stereocenters. The van der Waals surface area contributed by atoms with Crippen molar-refractivity contribution in [3.63, 3.8) is 0 Å². The minimum Gasteiger partial charge on any atom is -0.456 e. The van der Waals surface area contributed by atoms with Gasteiger partial charge in [0.25, 0.3) is 5.91 Å². The van der Waals surface area contributed by atoms with Gasteiger partial charge in [0.2, 0.25) is 5.91 Å². The highest BCUT2D eigenvalue weighted by atomic mass is 35.5. The van der Waals surface area contributed by atoms with Crippen LogP contribution in [-0.2, 0) is 19.1 Å². The second kappa shape index (κ2) is 11.6. The average molecular weight is 449 g/mol. The molecule has 0 unspecified atom stereocenters. The van der Waals surface area contributed by atoms with Gasteiger partial charge in [0.05, 0.1) is 18.0 Å². The van der Waals surface area contributed by atoms with Crippen LogP contribution in [0.1, 0.15) is 23.1 Å². The van der Waals surface area contributed by atoms with Gasteiger partial charge in [-0.05, 0) is 44.0 Å². The van der Waals surface area contributed by atoms with Crippen molar-refractivity contribution in [1.82, 2.24) is 5.32 Å². The Morgan fingerprint density at radius 2 is 1.70 bits per heavy atom. The Balaban J connectivity index is 1.66. The van der Waals surface area contributed by atoms with Gasteiger partial charge < -0.3 is 15.4 Å². The van der Waals surface area contributed by atoms with Crippen molar-refractivity contribution in [3.05, 3.63) is 58.1 Å². The van der Waals surface area contributed by atoms with E-state index < -0.39 is 18.5 Å². The summed E-state index contributed by atoms with van der Waals surface area (Å²) < 4.78 is 4.94. The molecular formula is C22H25ClN2O4S. The van der Waals surface area contributed by atoms with Crippen molar-refractivity contribution in [2.24, 2.45) is 0 Å². The molecular weight excluding hydrogens is 424 g/mol. The summed E-state index contributed by atoms with van der Waals surface area (Å²) in [5.41, 5.74) is 3.76. The molecule has 0 aromatic heterocycles. The maximum atomic E-state index is 12.1. The number of carbonyl (C=O) groups excluding carboxylic acids is 3. The number of hydrogen-bond acceptors (Lipinski definition) is 5. The summed E-state index contributed by atoms with van der Waals surface area (Å²) in [6.07, 6.45) is 0.148. The Kier molecular flexibility index (Phi) is 9.20. The van der Waals surface area contributed by atoms with E-state index in [9.17, 15) is 14.4 Å². The standard InChI is InChI=1S/C22H25ClN2O4S/c1-14-10-15(2)22(16(3)11-14)25-19(26)12-24-20(27)13-29-21(28)8-9-30-18-7-5-4-6-17(18)23/h4-7,10-11H,8-9,12-13H2,1-3H3,(H,24,27)(H,25,26). The van der Waals surface area contributed by atoms with Crippen LogP contribution in [0.25, 0.3) is 0 Å². The molecule has 0 radical (unpaired) electrons. The average Bonchev–Trinajstić information content (AvgIpc) is 2.69. The first-order chi connectivity index (χ1) is 14.3. The second-order valence-corrected chi connectivity index (χ2v) is 8.33. The van der Waals surface area contributed by atoms with Gasteiger partial charge in [-0.1, -0.05) is 41.4 Å². The second-order valence-electron chi connectivity index (χ2n) is 6.79. The Morgan fingerprint density at radius 3 is 2.37 bits per heavy atom. The number of esters is 1. The normalized spacial score (nSPS) is 10.4. The van der Waals surface area contributed by atoms with E-state index in [1.807, 2.05) is 51.1 Å². The number of anilines is 1. The zero-order valence-corrected chi connectivity index (χ0v) is 18.8. The van der Waals surface area contributed by atoms with E-state index in [2.05, 4.69) is 10.6 Å². The van der Waals surface area contributed by atoms with Crippen molar-refractivity contribution >= 4 is 46.8 Å². The van der Waals surface area contributed by atoms with Crippen molar-refractivity contribution < 1.29 is 19.1 Å². The first-order valence-electron chi connectivity index (χ1n) is 9.43. The minimum absolute atomic E-state index is 0.148. The maximum absolute atomic E-state index is 12.1. The lowest BCUT2D eigenvalue weighted by atomic mass is 10.1. The molecule has 160 valence electrons. The number of halogens is 1. The van der Waals surface area contributed by atoms with Crippen LogP contribution in [0.15, 0.2) is 41.3 Å². The Hall–Kier alpha value is -2.51. The highest BCUT2D eigenvalue weighted by molar-refractivity contribution is 7.99. The van der Waals surface area contributed by atoms with Gasteiger partial charge in [-0.15, -0.1) is 11.8 Å². The Bertz CT molecular complexity index is 910. The fraction of sp³-hybridized carbons (Fsp3) is 0.318. The first-order valence-corrected chi connectivity index (χ1v) is 10.8. The van der Waals surface area contributed by atoms with Crippen LogP contribution in [0, 0.1) is 20.8 Å². The molecule has 0 aliphatic heterocycles. The summed E-state index contributed by atoms with van der Waals surface area (Å²) in [6, 6.07) is 11.3. The summed E-state index contributed by atoms with van der Waals surface area (Å²) >= 11 is 7.50. The van der Waals surface area contributed by atoms with E-state index in [0.29, 0.717) is 10.8 Å². The van der Waals surface area contributed by atoms with Crippen LogP contribution >= 0.6 is 23.4 Å². The molecule has 6 nitrogen and oxygen atoms in total. The number of carbonyl (C=O) groups is 3. The molecule has 2 aromatic carbocycles. The van der Waals surface area contributed by atoms with E-state index in [4.69, 9.17) is 16.3 Å². The lowest BCUT2D eigenvalue weighted by molar-refractivity contribution is -0.148. The number of hydrogen-bond donors (Lipinski definition) is 2. The van der Waals surface area contributed by atoms with Gasteiger partial charge in [-0.2, -0.15) is 0 Å². The van der Waals surface area contributed by atoms with Gasteiger partial charge >= 0.3 is 5.97 Å². The van der Waals surface area contributed by atoms with Crippen LogP contribution in [0.5, 0.6) is 0 Å². The number of thioether (sulfide) groups is 1. The molecule has 2 aromatic rings.